The molecule has 0 amide bonds. The van der Waals surface area contributed by atoms with E-state index in [1.807, 2.05) is 0 Å². The minimum absolute atomic E-state index is 0.00660. The van der Waals surface area contributed by atoms with Crippen LogP contribution in [0.15, 0.2) is 29.4 Å². The quantitative estimate of drug-likeness (QED) is 0.873. The van der Waals surface area contributed by atoms with Crippen molar-refractivity contribution < 1.29 is 17.9 Å². The molecule has 7 nitrogen and oxygen atoms in total. The fourth-order valence-corrected chi connectivity index (χ4v) is 2.66. The number of aryl methyl sites for hydroxylation is 1. The Morgan fingerprint density at radius 2 is 2.00 bits per heavy atom. The van der Waals surface area contributed by atoms with Gasteiger partial charge < -0.3 is 14.5 Å². The summed E-state index contributed by atoms with van der Waals surface area (Å²) in [7, 11) is -0.762. The van der Waals surface area contributed by atoms with Gasteiger partial charge in [-0.05, 0) is 19.1 Å². The first-order valence-electron chi connectivity index (χ1n) is 5.72. The van der Waals surface area contributed by atoms with Gasteiger partial charge in [-0.25, -0.2) is 4.98 Å². The van der Waals surface area contributed by atoms with E-state index in [9.17, 15) is 8.42 Å². The van der Waals surface area contributed by atoms with Gasteiger partial charge in [-0.1, -0.05) is 0 Å². The molecule has 0 aliphatic rings. The topological polar surface area (TPSA) is 93.3 Å². The monoisotopic (exact) mass is 297 g/mol. The molecule has 0 fully saturated rings. The fraction of sp³-hybridized carbons (Fsp3) is 0.250. The second kappa shape index (κ2) is 5.41. The van der Waals surface area contributed by atoms with E-state index in [-0.39, 0.29) is 5.03 Å². The van der Waals surface area contributed by atoms with Gasteiger partial charge in [0.2, 0.25) is 0 Å². The van der Waals surface area contributed by atoms with Crippen LogP contribution >= 0.6 is 0 Å². The molecule has 0 spiro atoms. The predicted molar refractivity (Wildman–Crippen MR) is 73.7 cm³/mol. The number of aromatic nitrogens is 2. The molecule has 1 aromatic carbocycles. The third-order valence-corrected chi connectivity index (χ3v) is 3.90. The number of methoxy groups -OCH3 is 2. The standard InChI is InChI=1S/C12H15N3O4S/c1-8-13-7-12(14-8)20(16,17)15-10-5-4-9(18-2)6-11(10)19-3/h4-7,15H,1-3H3,(H,13,14). The van der Waals surface area contributed by atoms with E-state index in [2.05, 4.69) is 14.7 Å². The van der Waals surface area contributed by atoms with Crippen molar-refractivity contribution in [1.29, 1.82) is 0 Å². The highest BCUT2D eigenvalue weighted by atomic mass is 32.2. The Labute approximate surface area is 117 Å². The average Bonchev–Trinajstić information content (AvgIpc) is 2.86. The van der Waals surface area contributed by atoms with Crippen LogP contribution < -0.4 is 14.2 Å². The number of H-pyrrole nitrogens is 1. The number of nitrogens with zero attached hydrogens (tertiary/aromatic N) is 1. The number of sulfonamides is 1. The smallest absolute Gasteiger partial charge is 0.279 e. The number of nitrogens with one attached hydrogen (secondary N) is 2. The van der Waals surface area contributed by atoms with Gasteiger partial charge in [-0.2, -0.15) is 8.42 Å². The van der Waals surface area contributed by atoms with E-state index < -0.39 is 10.0 Å². The molecule has 108 valence electrons. The maximum absolute atomic E-state index is 12.2. The molecule has 20 heavy (non-hydrogen) atoms. The van der Waals surface area contributed by atoms with Crippen LogP contribution in [0.3, 0.4) is 0 Å². The van der Waals surface area contributed by atoms with E-state index in [0.717, 1.165) is 0 Å². The van der Waals surface area contributed by atoms with E-state index in [0.29, 0.717) is 23.0 Å². The zero-order chi connectivity index (χ0) is 14.8. The molecule has 0 atom stereocenters. The molecule has 0 radical (unpaired) electrons. The predicted octanol–water partition coefficient (Wildman–Crippen LogP) is 1.54. The molecule has 2 aromatic rings. The Hall–Kier alpha value is -2.22. The van der Waals surface area contributed by atoms with Crippen LogP contribution in [0.2, 0.25) is 0 Å². The van der Waals surface area contributed by atoms with Gasteiger partial charge in [-0.3, -0.25) is 4.72 Å². The first kappa shape index (κ1) is 14.2. The van der Waals surface area contributed by atoms with Gasteiger partial charge >= 0.3 is 0 Å². The number of anilines is 1. The lowest BCUT2D eigenvalue weighted by atomic mass is 10.3. The van der Waals surface area contributed by atoms with E-state index >= 15 is 0 Å². The Kier molecular flexibility index (Phi) is 3.84. The number of aromatic amines is 1. The van der Waals surface area contributed by atoms with Gasteiger partial charge in [0.15, 0.2) is 5.03 Å². The van der Waals surface area contributed by atoms with Crippen LogP contribution in [0, 0.1) is 6.92 Å². The molecule has 1 aromatic heterocycles. The molecule has 0 saturated carbocycles. The Morgan fingerprint density at radius 3 is 2.55 bits per heavy atom. The second-order valence-corrected chi connectivity index (χ2v) is 5.66. The Balaban J connectivity index is 2.34. The molecule has 0 unspecified atom stereocenters. The number of rotatable bonds is 5. The molecule has 1 heterocycles. The maximum atomic E-state index is 12.2. The molecule has 0 saturated heterocycles. The fourth-order valence-electron chi connectivity index (χ4n) is 1.62. The third-order valence-electron chi connectivity index (χ3n) is 2.62. The summed E-state index contributed by atoms with van der Waals surface area (Å²) in [4.78, 5) is 6.54. The zero-order valence-corrected chi connectivity index (χ0v) is 12.1. The van der Waals surface area contributed by atoms with Gasteiger partial charge in [0.25, 0.3) is 10.0 Å². The van der Waals surface area contributed by atoms with E-state index in [1.165, 1.54) is 20.4 Å². The minimum atomic E-state index is -3.73. The number of hydrogen-bond acceptors (Lipinski definition) is 5. The third kappa shape index (κ3) is 2.85. The first-order valence-corrected chi connectivity index (χ1v) is 7.21. The molecular formula is C12H15N3O4S. The zero-order valence-electron chi connectivity index (χ0n) is 11.3. The maximum Gasteiger partial charge on any atom is 0.279 e. The van der Waals surface area contributed by atoms with E-state index in [4.69, 9.17) is 9.47 Å². The molecule has 8 heteroatoms. The van der Waals surface area contributed by atoms with Crippen molar-refractivity contribution in [2.24, 2.45) is 0 Å². The number of hydrogen-bond donors (Lipinski definition) is 2. The molecule has 2 N–H and O–H groups in total. The summed E-state index contributed by atoms with van der Waals surface area (Å²) in [5.41, 5.74) is 0.320. The van der Waals surface area contributed by atoms with Crippen LogP contribution in [-0.2, 0) is 10.0 Å². The largest absolute Gasteiger partial charge is 0.497 e. The molecule has 2 rings (SSSR count). The van der Waals surface area contributed by atoms with Crippen molar-refractivity contribution in [3.05, 3.63) is 30.2 Å². The van der Waals surface area contributed by atoms with Gasteiger partial charge in [-0.15, -0.1) is 0 Å². The average molecular weight is 297 g/mol. The lowest BCUT2D eigenvalue weighted by Crippen LogP contribution is -2.14. The van der Waals surface area contributed by atoms with Gasteiger partial charge in [0.1, 0.15) is 17.3 Å². The lowest BCUT2D eigenvalue weighted by Gasteiger charge is -2.12. The van der Waals surface area contributed by atoms with Crippen LogP contribution in [0.4, 0.5) is 5.69 Å². The van der Waals surface area contributed by atoms with Crippen molar-refractivity contribution in [2.45, 2.75) is 11.9 Å². The number of ether oxygens (including phenoxy) is 2. The van der Waals surface area contributed by atoms with Crippen molar-refractivity contribution in [2.75, 3.05) is 18.9 Å². The van der Waals surface area contributed by atoms with Crippen LogP contribution in [0.5, 0.6) is 11.5 Å². The van der Waals surface area contributed by atoms with Crippen LogP contribution in [0.25, 0.3) is 0 Å². The summed E-state index contributed by atoms with van der Waals surface area (Å²) < 4.78 is 37.0. The Morgan fingerprint density at radius 1 is 1.25 bits per heavy atom. The summed E-state index contributed by atoms with van der Waals surface area (Å²) in [6, 6.07) is 4.80. The van der Waals surface area contributed by atoms with Gasteiger partial charge in [0.05, 0.1) is 26.1 Å². The van der Waals surface area contributed by atoms with Crippen molar-refractivity contribution >= 4 is 15.7 Å². The number of imidazole rings is 1. The Bertz CT molecular complexity index is 709. The van der Waals surface area contributed by atoms with Gasteiger partial charge in [0, 0.05) is 6.07 Å². The molecule has 0 aliphatic carbocycles. The van der Waals surface area contributed by atoms with Crippen molar-refractivity contribution in [3.8, 4) is 11.5 Å². The second-order valence-electron chi connectivity index (χ2n) is 4.00. The molecular weight excluding hydrogens is 282 g/mol. The normalized spacial score (nSPS) is 11.2. The summed E-state index contributed by atoms with van der Waals surface area (Å²) in [6.45, 7) is 1.67. The highest BCUT2D eigenvalue weighted by Crippen LogP contribution is 2.30. The summed E-state index contributed by atoms with van der Waals surface area (Å²) >= 11 is 0. The molecule has 0 aliphatic heterocycles. The summed E-state index contributed by atoms with van der Waals surface area (Å²) in [6.07, 6.45) is 1.26. The van der Waals surface area contributed by atoms with Crippen LogP contribution in [-0.4, -0.2) is 32.6 Å². The highest BCUT2D eigenvalue weighted by molar-refractivity contribution is 7.92. The number of benzene rings is 1. The van der Waals surface area contributed by atoms with Crippen LogP contribution in [0.1, 0.15) is 5.82 Å². The first-order chi connectivity index (χ1) is 9.46. The van der Waals surface area contributed by atoms with Crippen molar-refractivity contribution in [3.63, 3.8) is 0 Å². The molecule has 0 bridgehead atoms. The summed E-state index contributed by atoms with van der Waals surface area (Å²) in [5.74, 6) is 1.46. The SMILES string of the molecule is COc1ccc(NS(=O)(=O)c2cnc(C)[nH]2)c(OC)c1. The minimum Gasteiger partial charge on any atom is -0.497 e. The van der Waals surface area contributed by atoms with E-state index in [1.54, 1.807) is 25.1 Å². The lowest BCUT2D eigenvalue weighted by molar-refractivity contribution is 0.395. The summed E-state index contributed by atoms with van der Waals surface area (Å²) in [5, 5.41) is -0.00660. The highest BCUT2D eigenvalue weighted by Gasteiger charge is 2.18. The van der Waals surface area contributed by atoms with Crippen molar-refractivity contribution in [1.82, 2.24) is 9.97 Å².